The summed E-state index contributed by atoms with van der Waals surface area (Å²) in [5.41, 5.74) is 2.22. The van der Waals surface area contributed by atoms with Crippen molar-refractivity contribution in [1.82, 2.24) is 15.0 Å². The first-order valence-corrected chi connectivity index (χ1v) is 7.37. The van der Waals surface area contributed by atoms with E-state index in [1.54, 1.807) is 7.11 Å². The molecular weight excluding hydrogens is 266 g/mol. The van der Waals surface area contributed by atoms with Crippen LogP contribution in [0.15, 0.2) is 24.4 Å². The lowest BCUT2D eigenvalue weighted by molar-refractivity contribution is 0.310. The van der Waals surface area contributed by atoms with Gasteiger partial charge in [-0.3, -0.25) is 4.68 Å². The molecule has 21 heavy (non-hydrogen) atoms. The highest BCUT2D eigenvalue weighted by atomic mass is 16.5. The third-order valence-electron chi connectivity index (χ3n) is 3.48. The highest BCUT2D eigenvalue weighted by Crippen LogP contribution is 2.31. The fraction of sp³-hybridized carbons (Fsp3) is 0.500. The van der Waals surface area contributed by atoms with Gasteiger partial charge in [0.1, 0.15) is 0 Å². The van der Waals surface area contributed by atoms with Crippen LogP contribution in [0.25, 0.3) is 0 Å². The summed E-state index contributed by atoms with van der Waals surface area (Å²) in [5, 5.41) is 8.27. The predicted octanol–water partition coefficient (Wildman–Crippen LogP) is 3.05. The van der Waals surface area contributed by atoms with E-state index in [4.69, 9.17) is 9.47 Å². The monoisotopic (exact) mass is 289 g/mol. The molecule has 0 saturated carbocycles. The van der Waals surface area contributed by atoms with E-state index in [1.165, 1.54) is 5.56 Å². The molecule has 1 atom stereocenters. The van der Waals surface area contributed by atoms with Gasteiger partial charge in [-0.1, -0.05) is 18.2 Å². The summed E-state index contributed by atoms with van der Waals surface area (Å²) in [4.78, 5) is 0. The Balaban J connectivity index is 2.12. The van der Waals surface area contributed by atoms with E-state index >= 15 is 0 Å². The molecule has 1 aromatic heterocycles. The smallest absolute Gasteiger partial charge is 0.161 e. The molecule has 0 aliphatic heterocycles. The van der Waals surface area contributed by atoms with Crippen molar-refractivity contribution in [2.75, 3.05) is 13.7 Å². The van der Waals surface area contributed by atoms with Crippen LogP contribution in [0.5, 0.6) is 11.5 Å². The number of aryl methyl sites for hydroxylation is 1. The van der Waals surface area contributed by atoms with Crippen LogP contribution < -0.4 is 9.47 Å². The first-order chi connectivity index (χ1) is 10.2. The molecule has 0 fully saturated rings. The molecule has 0 spiro atoms. The first-order valence-electron chi connectivity index (χ1n) is 7.37. The molecule has 0 radical (unpaired) electrons. The van der Waals surface area contributed by atoms with Gasteiger partial charge >= 0.3 is 0 Å². The Kier molecular flexibility index (Phi) is 5.20. The zero-order valence-corrected chi connectivity index (χ0v) is 13.2. The number of hydrogen-bond acceptors (Lipinski definition) is 4. The van der Waals surface area contributed by atoms with Crippen molar-refractivity contribution in [2.45, 2.75) is 39.7 Å². The third-order valence-corrected chi connectivity index (χ3v) is 3.48. The molecule has 0 amide bonds. The Bertz CT molecular complexity index is 581. The summed E-state index contributed by atoms with van der Waals surface area (Å²) in [5.74, 6) is 1.91. The maximum Gasteiger partial charge on any atom is 0.161 e. The lowest BCUT2D eigenvalue weighted by Gasteiger charge is -2.14. The van der Waals surface area contributed by atoms with Crippen LogP contribution in [-0.2, 0) is 13.0 Å². The van der Waals surface area contributed by atoms with Gasteiger partial charge in [0.25, 0.3) is 0 Å². The minimum Gasteiger partial charge on any atom is -0.493 e. The van der Waals surface area contributed by atoms with Crippen molar-refractivity contribution in [3.63, 3.8) is 0 Å². The van der Waals surface area contributed by atoms with Gasteiger partial charge < -0.3 is 9.47 Å². The molecule has 1 unspecified atom stereocenters. The minimum absolute atomic E-state index is 0.344. The molecule has 5 heteroatoms. The second kappa shape index (κ2) is 7.11. The summed E-state index contributed by atoms with van der Waals surface area (Å²) >= 11 is 0. The molecule has 1 heterocycles. The van der Waals surface area contributed by atoms with E-state index in [0.717, 1.165) is 30.2 Å². The number of nitrogens with zero attached hydrogens (tertiary/aromatic N) is 3. The normalized spacial score (nSPS) is 12.2. The van der Waals surface area contributed by atoms with Crippen molar-refractivity contribution in [3.05, 3.63) is 35.7 Å². The molecule has 2 rings (SSSR count). The molecule has 114 valence electrons. The Labute approximate surface area is 125 Å². The van der Waals surface area contributed by atoms with Gasteiger partial charge in [-0.25, -0.2) is 0 Å². The molecule has 0 bridgehead atoms. The molecule has 0 aliphatic carbocycles. The Morgan fingerprint density at radius 2 is 2.05 bits per heavy atom. The second-order valence-corrected chi connectivity index (χ2v) is 5.01. The van der Waals surface area contributed by atoms with Crippen LogP contribution in [0.3, 0.4) is 0 Å². The average Bonchev–Trinajstić information content (AvgIpc) is 2.95. The van der Waals surface area contributed by atoms with E-state index in [0.29, 0.717) is 12.5 Å². The van der Waals surface area contributed by atoms with Crippen molar-refractivity contribution in [1.29, 1.82) is 0 Å². The van der Waals surface area contributed by atoms with Crippen LogP contribution >= 0.6 is 0 Å². The molecule has 2 aromatic rings. The first kappa shape index (κ1) is 15.4. The lowest BCUT2D eigenvalue weighted by Crippen LogP contribution is -2.01. The van der Waals surface area contributed by atoms with Crippen LogP contribution in [0.4, 0.5) is 0 Å². The van der Waals surface area contributed by atoms with Gasteiger partial charge in [-0.05, 0) is 43.9 Å². The van der Waals surface area contributed by atoms with E-state index < -0.39 is 0 Å². The molecule has 0 saturated heterocycles. The van der Waals surface area contributed by atoms with Crippen LogP contribution in [0.1, 0.15) is 37.9 Å². The van der Waals surface area contributed by atoms with Crippen molar-refractivity contribution < 1.29 is 9.47 Å². The topological polar surface area (TPSA) is 49.2 Å². The van der Waals surface area contributed by atoms with E-state index in [1.807, 2.05) is 29.9 Å². The van der Waals surface area contributed by atoms with Gasteiger partial charge in [-0.15, -0.1) is 5.10 Å². The fourth-order valence-electron chi connectivity index (χ4n) is 2.28. The number of ether oxygens (including phenoxy) is 2. The third kappa shape index (κ3) is 3.74. The van der Waals surface area contributed by atoms with E-state index in [9.17, 15) is 0 Å². The van der Waals surface area contributed by atoms with Crippen molar-refractivity contribution >= 4 is 0 Å². The van der Waals surface area contributed by atoms with Gasteiger partial charge in [0.15, 0.2) is 11.5 Å². The number of methoxy groups -OCH3 is 1. The van der Waals surface area contributed by atoms with Gasteiger partial charge in [-0.2, -0.15) is 0 Å². The lowest BCUT2D eigenvalue weighted by atomic mass is 9.96. The summed E-state index contributed by atoms with van der Waals surface area (Å²) < 4.78 is 12.8. The molecule has 1 aromatic carbocycles. The molecular formula is C16H23N3O2. The Morgan fingerprint density at radius 3 is 2.67 bits per heavy atom. The summed E-state index contributed by atoms with van der Waals surface area (Å²) in [6.07, 6.45) is 2.86. The van der Waals surface area contributed by atoms with Crippen molar-refractivity contribution in [2.24, 2.45) is 0 Å². The zero-order chi connectivity index (χ0) is 15.2. The summed E-state index contributed by atoms with van der Waals surface area (Å²) in [6.45, 7) is 7.68. The number of hydrogen-bond donors (Lipinski definition) is 0. The Morgan fingerprint density at radius 1 is 1.24 bits per heavy atom. The fourth-order valence-corrected chi connectivity index (χ4v) is 2.28. The van der Waals surface area contributed by atoms with Gasteiger partial charge in [0.2, 0.25) is 0 Å². The summed E-state index contributed by atoms with van der Waals surface area (Å²) in [7, 11) is 1.67. The number of aromatic nitrogens is 3. The second-order valence-electron chi connectivity index (χ2n) is 5.01. The molecule has 0 aliphatic rings. The van der Waals surface area contributed by atoms with Crippen molar-refractivity contribution in [3.8, 4) is 11.5 Å². The Hall–Kier alpha value is -2.04. The number of benzene rings is 1. The highest BCUT2D eigenvalue weighted by Gasteiger charge is 2.13. The van der Waals surface area contributed by atoms with E-state index in [2.05, 4.69) is 30.2 Å². The van der Waals surface area contributed by atoms with Gasteiger partial charge in [0.05, 0.1) is 19.4 Å². The number of rotatable bonds is 7. The SMILES string of the molecule is CCOc1ccc(C(C)Cc2cn(CC)nn2)cc1OC. The maximum absolute atomic E-state index is 5.55. The molecule has 5 nitrogen and oxygen atoms in total. The largest absolute Gasteiger partial charge is 0.493 e. The van der Waals surface area contributed by atoms with Crippen LogP contribution in [-0.4, -0.2) is 28.7 Å². The zero-order valence-electron chi connectivity index (χ0n) is 13.2. The quantitative estimate of drug-likeness (QED) is 0.786. The summed E-state index contributed by atoms with van der Waals surface area (Å²) in [6, 6.07) is 6.10. The van der Waals surface area contributed by atoms with Crippen LogP contribution in [0.2, 0.25) is 0 Å². The van der Waals surface area contributed by atoms with Crippen LogP contribution in [0, 0.1) is 0 Å². The minimum atomic E-state index is 0.344. The predicted molar refractivity (Wildman–Crippen MR) is 82.0 cm³/mol. The highest BCUT2D eigenvalue weighted by molar-refractivity contribution is 5.44. The van der Waals surface area contributed by atoms with Gasteiger partial charge in [0, 0.05) is 12.7 Å². The maximum atomic E-state index is 5.55. The average molecular weight is 289 g/mol. The van der Waals surface area contributed by atoms with E-state index in [-0.39, 0.29) is 0 Å². The molecule has 0 N–H and O–H groups in total. The standard InChI is InChI=1S/C16H23N3O2/c1-5-19-11-14(17-18-19)9-12(3)13-7-8-15(21-6-2)16(10-13)20-4/h7-8,10-12H,5-6,9H2,1-4H3.